The molecule has 1 atom stereocenters. The summed E-state index contributed by atoms with van der Waals surface area (Å²) in [6.45, 7) is 4.39. The van der Waals surface area contributed by atoms with Gasteiger partial charge in [0.15, 0.2) is 0 Å². The van der Waals surface area contributed by atoms with E-state index >= 15 is 0 Å². The Labute approximate surface area is 236 Å². The summed E-state index contributed by atoms with van der Waals surface area (Å²) in [5, 5.41) is 2.63. The lowest BCUT2D eigenvalue weighted by molar-refractivity contribution is -0.139. The number of nitrogens with one attached hydrogen (secondary N) is 2. The second-order valence-corrected chi connectivity index (χ2v) is 12.8. The minimum atomic E-state index is -4.25. The summed E-state index contributed by atoms with van der Waals surface area (Å²) in [6, 6.07) is 6.47. The number of nitrogens with zero attached hydrogens (tertiary/aromatic N) is 3. The molecule has 2 aliphatic heterocycles. The van der Waals surface area contributed by atoms with E-state index in [1.807, 2.05) is 0 Å². The van der Waals surface area contributed by atoms with Crippen molar-refractivity contribution in [2.75, 3.05) is 44.2 Å². The molecule has 210 valence electrons. The molecule has 0 unspecified atom stereocenters. The molecule has 2 fully saturated rings. The summed E-state index contributed by atoms with van der Waals surface area (Å²) >= 11 is 6.99. The van der Waals surface area contributed by atoms with Gasteiger partial charge in [-0.25, -0.2) is 8.42 Å². The van der Waals surface area contributed by atoms with Crippen molar-refractivity contribution in [1.82, 2.24) is 19.8 Å². The molecule has 0 radical (unpaired) electrons. The fourth-order valence-electron chi connectivity index (χ4n) is 4.70. The van der Waals surface area contributed by atoms with Crippen LogP contribution in [0.25, 0.3) is 0 Å². The molecule has 11 nitrogen and oxygen atoms in total. The molecule has 2 aliphatic rings. The molecule has 4 rings (SSSR count). The number of amides is 4. The number of piperazine rings is 1. The maximum absolute atomic E-state index is 13.6. The molecular formula is C25H30ClN5O6S2. The van der Waals surface area contributed by atoms with Crippen molar-refractivity contribution in [2.45, 2.75) is 37.6 Å². The highest BCUT2D eigenvalue weighted by Crippen LogP contribution is 2.29. The molecule has 2 aromatic rings. The van der Waals surface area contributed by atoms with E-state index in [9.17, 15) is 27.6 Å². The van der Waals surface area contributed by atoms with Crippen LogP contribution < -0.4 is 14.9 Å². The van der Waals surface area contributed by atoms with Crippen molar-refractivity contribution in [3.05, 3.63) is 45.1 Å². The molecule has 39 heavy (non-hydrogen) atoms. The minimum Gasteiger partial charge on any atom is -0.349 e. The zero-order valence-electron chi connectivity index (χ0n) is 21.6. The predicted molar refractivity (Wildman–Crippen MR) is 147 cm³/mol. The van der Waals surface area contributed by atoms with Crippen molar-refractivity contribution in [3.63, 3.8) is 0 Å². The standard InChI is InChI=1S/C25H30ClN5O6S2/c1-16-19(31-10-4-7-23(31)33)5-3-6-21(16)39(36,37)28-18(15-27-24(34)20-8-9-22(26)38-20)25(35)30-13-11-29(12-14-30)17(2)32/h3,5-6,8-9,18,28H,4,7,10-15H2,1-2H3,(H,27,34)/t18-/m0/s1. The number of sulfonamides is 1. The molecule has 4 amide bonds. The van der Waals surface area contributed by atoms with E-state index in [-0.39, 0.29) is 36.3 Å². The van der Waals surface area contributed by atoms with Crippen LogP contribution in [-0.2, 0) is 24.4 Å². The Bertz CT molecular complexity index is 1390. The minimum absolute atomic E-state index is 0.0599. The van der Waals surface area contributed by atoms with E-state index in [1.165, 1.54) is 17.9 Å². The van der Waals surface area contributed by atoms with Gasteiger partial charge in [-0.3, -0.25) is 19.2 Å². The predicted octanol–water partition coefficient (Wildman–Crippen LogP) is 1.60. The number of rotatable bonds is 8. The van der Waals surface area contributed by atoms with Crippen LogP contribution in [0.5, 0.6) is 0 Å². The SMILES string of the molecule is CC(=O)N1CCN(C(=O)[C@H](CNC(=O)c2ccc(Cl)s2)NS(=O)(=O)c2cccc(N3CCCC3=O)c2C)CC1. The van der Waals surface area contributed by atoms with E-state index in [4.69, 9.17) is 11.6 Å². The highest BCUT2D eigenvalue weighted by Gasteiger charge is 2.33. The Balaban J connectivity index is 1.57. The molecule has 3 heterocycles. The first-order valence-electron chi connectivity index (χ1n) is 12.5. The normalized spacial score (nSPS) is 16.9. The van der Waals surface area contributed by atoms with Crippen LogP contribution in [-0.4, -0.2) is 87.2 Å². The molecule has 0 spiro atoms. The molecule has 2 saturated heterocycles. The molecule has 0 saturated carbocycles. The van der Waals surface area contributed by atoms with E-state index in [2.05, 4.69) is 10.0 Å². The first-order valence-corrected chi connectivity index (χ1v) is 15.2. The Hall–Kier alpha value is -3.00. The quantitative estimate of drug-likeness (QED) is 0.476. The number of anilines is 1. The number of thiophene rings is 1. The van der Waals surface area contributed by atoms with E-state index in [0.717, 1.165) is 11.3 Å². The van der Waals surface area contributed by atoms with Crippen molar-refractivity contribution >= 4 is 62.3 Å². The van der Waals surface area contributed by atoms with Crippen LogP contribution in [0.3, 0.4) is 0 Å². The fourth-order valence-corrected chi connectivity index (χ4v) is 7.11. The van der Waals surface area contributed by atoms with Crippen LogP contribution in [0.1, 0.15) is 35.0 Å². The summed E-state index contributed by atoms with van der Waals surface area (Å²) < 4.78 is 30.1. The number of hydrogen-bond acceptors (Lipinski definition) is 7. The van der Waals surface area contributed by atoms with Gasteiger partial charge in [0, 0.05) is 58.3 Å². The average molecular weight is 596 g/mol. The van der Waals surface area contributed by atoms with Crippen LogP contribution in [0.15, 0.2) is 35.2 Å². The van der Waals surface area contributed by atoms with Gasteiger partial charge in [-0.2, -0.15) is 4.72 Å². The first kappa shape index (κ1) is 29.0. The average Bonchev–Trinajstić information content (AvgIpc) is 3.54. The topological polar surface area (TPSA) is 136 Å². The highest BCUT2D eigenvalue weighted by atomic mass is 35.5. The molecule has 1 aromatic heterocycles. The van der Waals surface area contributed by atoms with Gasteiger partial charge in [0.25, 0.3) is 5.91 Å². The maximum Gasteiger partial charge on any atom is 0.261 e. The summed E-state index contributed by atoms with van der Waals surface area (Å²) in [5.74, 6) is -1.19. The zero-order valence-corrected chi connectivity index (χ0v) is 24.0. The van der Waals surface area contributed by atoms with Gasteiger partial charge in [-0.15, -0.1) is 11.3 Å². The van der Waals surface area contributed by atoms with Crippen molar-refractivity contribution < 1.29 is 27.6 Å². The molecule has 0 bridgehead atoms. The van der Waals surface area contributed by atoms with Gasteiger partial charge in [0.05, 0.1) is 14.1 Å². The first-order chi connectivity index (χ1) is 18.5. The van der Waals surface area contributed by atoms with Crippen LogP contribution in [0.4, 0.5) is 5.69 Å². The molecule has 2 N–H and O–H groups in total. The lowest BCUT2D eigenvalue weighted by Gasteiger charge is -2.36. The van der Waals surface area contributed by atoms with Gasteiger partial charge in [0.1, 0.15) is 6.04 Å². The molecule has 1 aromatic carbocycles. The van der Waals surface area contributed by atoms with E-state index in [0.29, 0.717) is 52.9 Å². The lowest BCUT2D eigenvalue weighted by Crippen LogP contribution is -2.58. The lowest BCUT2D eigenvalue weighted by atomic mass is 10.2. The Morgan fingerprint density at radius 2 is 1.74 bits per heavy atom. The monoisotopic (exact) mass is 595 g/mol. The van der Waals surface area contributed by atoms with Gasteiger partial charge in [-0.1, -0.05) is 17.7 Å². The summed E-state index contributed by atoms with van der Waals surface area (Å²) in [6.07, 6.45) is 1.09. The fraction of sp³-hybridized carbons (Fsp3) is 0.440. The number of carbonyl (C=O) groups excluding carboxylic acids is 4. The largest absolute Gasteiger partial charge is 0.349 e. The Kier molecular flexibility index (Phi) is 8.94. The van der Waals surface area contributed by atoms with Crippen LogP contribution >= 0.6 is 22.9 Å². The third kappa shape index (κ3) is 6.60. The smallest absolute Gasteiger partial charge is 0.261 e. The van der Waals surface area contributed by atoms with Gasteiger partial charge < -0.3 is 20.0 Å². The summed E-state index contributed by atoms with van der Waals surface area (Å²) in [4.78, 5) is 55.1. The Morgan fingerprint density at radius 3 is 2.33 bits per heavy atom. The second-order valence-electron chi connectivity index (χ2n) is 9.37. The van der Waals surface area contributed by atoms with Gasteiger partial charge in [-0.05, 0) is 43.2 Å². The van der Waals surface area contributed by atoms with Crippen molar-refractivity contribution in [1.29, 1.82) is 0 Å². The number of hydrogen-bond donors (Lipinski definition) is 2. The molecule has 14 heteroatoms. The van der Waals surface area contributed by atoms with Crippen LogP contribution in [0.2, 0.25) is 4.34 Å². The van der Waals surface area contributed by atoms with Crippen molar-refractivity contribution in [2.24, 2.45) is 0 Å². The Morgan fingerprint density at radius 1 is 1.05 bits per heavy atom. The second kappa shape index (κ2) is 12.0. The van der Waals surface area contributed by atoms with E-state index in [1.54, 1.807) is 41.0 Å². The summed E-state index contributed by atoms with van der Waals surface area (Å²) in [5.41, 5.74) is 0.894. The summed E-state index contributed by atoms with van der Waals surface area (Å²) in [7, 11) is -4.25. The number of benzene rings is 1. The van der Waals surface area contributed by atoms with Gasteiger partial charge in [0.2, 0.25) is 27.7 Å². The molecular weight excluding hydrogens is 566 g/mol. The third-order valence-electron chi connectivity index (χ3n) is 6.81. The van der Waals surface area contributed by atoms with Gasteiger partial charge >= 0.3 is 0 Å². The van der Waals surface area contributed by atoms with Crippen molar-refractivity contribution in [3.8, 4) is 0 Å². The zero-order chi connectivity index (χ0) is 28.3. The van der Waals surface area contributed by atoms with E-state index < -0.39 is 27.9 Å². The number of halogens is 1. The maximum atomic E-state index is 13.6. The van der Waals surface area contributed by atoms with Crippen LogP contribution in [0, 0.1) is 6.92 Å². The number of carbonyl (C=O) groups is 4. The third-order valence-corrected chi connectivity index (χ3v) is 9.65. The highest BCUT2D eigenvalue weighted by molar-refractivity contribution is 7.89. The molecule has 0 aliphatic carbocycles.